The van der Waals surface area contributed by atoms with Crippen molar-refractivity contribution in [3.05, 3.63) is 28.9 Å². The molecule has 1 aliphatic rings. The monoisotopic (exact) mass is 275 g/mol. The van der Waals surface area contributed by atoms with Gasteiger partial charge in [0.2, 0.25) is 5.91 Å². The summed E-state index contributed by atoms with van der Waals surface area (Å²) in [7, 11) is 0. The van der Waals surface area contributed by atoms with E-state index in [1.807, 2.05) is 4.90 Å². The SMILES string of the molecule is O=C(Cn1c(=O)oc2cccnc21)N1CCCCCC1. The molecule has 3 heterocycles. The molecule has 1 aliphatic heterocycles. The van der Waals surface area contributed by atoms with E-state index < -0.39 is 5.76 Å². The number of rotatable bonds is 2. The first-order chi connectivity index (χ1) is 9.75. The molecule has 2 aromatic rings. The number of aromatic nitrogens is 2. The Morgan fingerprint density at radius 1 is 1.25 bits per heavy atom. The largest absolute Gasteiger partial charge is 0.421 e. The molecule has 1 saturated heterocycles. The second-order valence-corrected chi connectivity index (χ2v) is 5.07. The molecule has 0 radical (unpaired) electrons. The Morgan fingerprint density at radius 3 is 2.75 bits per heavy atom. The third-order valence-electron chi connectivity index (χ3n) is 3.68. The highest BCUT2D eigenvalue weighted by Gasteiger charge is 2.19. The Bertz CT molecular complexity index is 666. The van der Waals surface area contributed by atoms with Crippen LogP contribution in [0.1, 0.15) is 25.7 Å². The van der Waals surface area contributed by atoms with E-state index in [1.54, 1.807) is 18.3 Å². The molecule has 3 rings (SSSR count). The summed E-state index contributed by atoms with van der Waals surface area (Å²) in [4.78, 5) is 30.1. The van der Waals surface area contributed by atoms with Crippen molar-refractivity contribution in [1.29, 1.82) is 0 Å². The van der Waals surface area contributed by atoms with Gasteiger partial charge >= 0.3 is 5.76 Å². The Hall–Kier alpha value is -2.11. The number of hydrogen-bond acceptors (Lipinski definition) is 4. The van der Waals surface area contributed by atoms with E-state index in [2.05, 4.69) is 4.98 Å². The first-order valence-electron chi connectivity index (χ1n) is 6.98. The summed E-state index contributed by atoms with van der Waals surface area (Å²) in [5.74, 6) is -0.566. The normalized spacial score (nSPS) is 16.3. The lowest BCUT2D eigenvalue weighted by molar-refractivity contribution is -0.131. The summed E-state index contributed by atoms with van der Waals surface area (Å²) >= 11 is 0. The van der Waals surface area contributed by atoms with E-state index >= 15 is 0 Å². The van der Waals surface area contributed by atoms with Crippen LogP contribution in [0.2, 0.25) is 0 Å². The predicted molar refractivity (Wildman–Crippen MR) is 73.3 cm³/mol. The van der Waals surface area contributed by atoms with E-state index in [9.17, 15) is 9.59 Å². The second kappa shape index (κ2) is 5.48. The van der Waals surface area contributed by atoms with E-state index in [-0.39, 0.29) is 12.5 Å². The molecule has 0 atom stereocenters. The number of fused-ring (bicyclic) bond motifs is 1. The van der Waals surface area contributed by atoms with Crippen LogP contribution < -0.4 is 5.76 Å². The van der Waals surface area contributed by atoms with Gasteiger partial charge in [-0.05, 0) is 25.0 Å². The maximum atomic E-state index is 12.3. The van der Waals surface area contributed by atoms with Gasteiger partial charge in [0.05, 0.1) is 0 Å². The molecule has 0 N–H and O–H groups in total. The van der Waals surface area contributed by atoms with Crippen molar-refractivity contribution in [3.8, 4) is 0 Å². The Kier molecular flexibility index (Phi) is 3.54. The highest BCUT2D eigenvalue weighted by Crippen LogP contribution is 2.12. The van der Waals surface area contributed by atoms with E-state index in [4.69, 9.17) is 4.42 Å². The fourth-order valence-corrected chi connectivity index (χ4v) is 2.59. The highest BCUT2D eigenvalue weighted by molar-refractivity contribution is 5.78. The van der Waals surface area contributed by atoms with Crippen LogP contribution in [0.15, 0.2) is 27.5 Å². The zero-order chi connectivity index (χ0) is 13.9. The lowest BCUT2D eigenvalue weighted by Crippen LogP contribution is -2.36. The van der Waals surface area contributed by atoms with Gasteiger partial charge in [0.25, 0.3) is 0 Å². The average molecular weight is 275 g/mol. The maximum absolute atomic E-state index is 12.3. The van der Waals surface area contributed by atoms with Crippen LogP contribution in [-0.4, -0.2) is 33.4 Å². The summed E-state index contributed by atoms with van der Waals surface area (Å²) in [6, 6.07) is 3.38. The fraction of sp³-hybridized carbons (Fsp3) is 0.500. The molecule has 6 heteroatoms. The molecular formula is C14H17N3O3. The number of pyridine rings is 1. The van der Waals surface area contributed by atoms with Gasteiger partial charge in [0.1, 0.15) is 6.54 Å². The molecule has 0 spiro atoms. The fourth-order valence-electron chi connectivity index (χ4n) is 2.59. The minimum Gasteiger partial charge on any atom is -0.406 e. The quantitative estimate of drug-likeness (QED) is 0.830. The number of nitrogens with zero attached hydrogens (tertiary/aromatic N) is 3. The van der Waals surface area contributed by atoms with Crippen molar-refractivity contribution in [3.63, 3.8) is 0 Å². The zero-order valence-corrected chi connectivity index (χ0v) is 11.2. The van der Waals surface area contributed by atoms with Crippen LogP contribution in [-0.2, 0) is 11.3 Å². The summed E-state index contributed by atoms with van der Waals surface area (Å²) in [5.41, 5.74) is 0.849. The van der Waals surface area contributed by atoms with Gasteiger partial charge in [-0.1, -0.05) is 12.8 Å². The number of oxazole rings is 1. The number of amides is 1. The van der Waals surface area contributed by atoms with Crippen LogP contribution in [0.4, 0.5) is 0 Å². The van der Waals surface area contributed by atoms with Crippen LogP contribution >= 0.6 is 0 Å². The van der Waals surface area contributed by atoms with Crippen LogP contribution in [0.3, 0.4) is 0 Å². The first-order valence-corrected chi connectivity index (χ1v) is 6.98. The van der Waals surface area contributed by atoms with Crippen LogP contribution in [0, 0.1) is 0 Å². The van der Waals surface area contributed by atoms with Crippen molar-refractivity contribution >= 4 is 17.1 Å². The molecule has 0 unspecified atom stereocenters. The lowest BCUT2D eigenvalue weighted by atomic mass is 10.2. The lowest BCUT2D eigenvalue weighted by Gasteiger charge is -2.20. The number of hydrogen-bond donors (Lipinski definition) is 0. The molecule has 2 aromatic heterocycles. The number of carbonyl (C=O) groups excluding carboxylic acids is 1. The molecule has 0 aromatic carbocycles. The number of carbonyl (C=O) groups is 1. The summed E-state index contributed by atoms with van der Waals surface area (Å²) in [6.45, 7) is 1.55. The third kappa shape index (κ3) is 2.45. The zero-order valence-electron chi connectivity index (χ0n) is 11.2. The van der Waals surface area contributed by atoms with Gasteiger partial charge in [-0.25, -0.2) is 14.3 Å². The molecule has 106 valence electrons. The maximum Gasteiger partial charge on any atom is 0.421 e. The summed E-state index contributed by atoms with van der Waals surface area (Å²) in [5, 5.41) is 0. The highest BCUT2D eigenvalue weighted by atomic mass is 16.4. The predicted octanol–water partition coefficient (Wildman–Crippen LogP) is 1.39. The average Bonchev–Trinajstić information content (AvgIpc) is 2.66. The Balaban J connectivity index is 1.83. The molecule has 0 bridgehead atoms. The number of likely N-dealkylation sites (tertiary alicyclic amines) is 1. The standard InChI is InChI=1S/C14H17N3O3/c18-12(16-8-3-1-2-4-9-16)10-17-13-11(20-14(17)19)6-5-7-15-13/h5-7H,1-4,8-10H2. The topological polar surface area (TPSA) is 68.3 Å². The Labute approximate surface area is 116 Å². The van der Waals surface area contributed by atoms with Crippen LogP contribution in [0.25, 0.3) is 11.2 Å². The first kappa shape index (κ1) is 12.9. The van der Waals surface area contributed by atoms with E-state index in [1.165, 1.54) is 17.4 Å². The molecule has 6 nitrogen and oxygen atoms in total. The smallest absolute Gasteiger partial charge is 0.406 e. The minimum absolute atomic E-state index is 0.00282. The van der Waals surface area contributed by atoms with E-state index in [0.717, 1.165) is 25.9 Å². The molecule has 0 saturated carbocycles. The molecule has 1 amide bonds. The Morgan fingerprint density at radius 2 is 2.00 bits per heavy atom. The van der Waals surface area contributed by atoms with Crippen LogP contribution in [0.5, 0.6) is 0 Å². The summed E-state index contributed by atoms with van der Waals surface area (Å²) < 4.78 is 6.39. The van der Waals surface area contributed by atoms with Gasteiger partial charge in [-0.3, -0.25) is 4.79 Å². The van der Waals surface area contributed by atoms with Crippen molar-refractivity contribution < 1.29 is 9.21 Å². The van der Waals surface area contributed by atoms with Gasteiger partial charge in [0, 0.05) is 19.3 Å². The van der Waals surface area contributed by atoms with E-state index in [0.29, 0.717) is 11.2 Å². The van der Waals surface area contributed by atoms with Crippen molar-refractivity contribution in [2.75, 3.05) is 13.1 Å². The van der Waals surface area contributed by atoms with Crippen molar-refractivity contribution in [2.45, 2.75) is 32.2 Å². The second-order valence-electron chi connectivity index (χ2n) is 5.07. The van der Waals surface area contributed by atoms with Gasteiger partial charge < -0.3 is 9.32 Å². The van der Waals surface area contributed by atoms with Crippen molar-refractivity contribution in [1.82, 2.24) is 14.5 Å². The van der Waals surface area contributed by atoms with Gasteiger partial charge in [-0.15, -0.1) is 0 Å². The van der Waals surface area contributed by atoms with Gasteiger partial charge in [0.15, 0.2) is 11.2 Å². The summed E-state index contributed by atoms with van der Waals surface area (Å²) in [6.07, 6.45) is 5.99. The molecule has 1 fully saturated rings. The molecule has 0 aliphatic carbocycles. The minimum atomic E-state index is -0.526. The molecule has 20 heavy (non-hydrogen) atoms. The van der Waals surface area contributed by atoms with Gasteiger partial charge in [-0.2, -0.15) is 0 Å². The molecular weight excluding hydrogens is 258 g/mol. The third-order valence-corrected chi connectivity index (χ3v) is 3.68. The van der Waals surface area contributed by atoms with Crippen molar-refractivity contribution in [2.24, 2.45) is 0 Å².